The second kappa shape index (κ2) is 9.35. The molecule has 3 aliphatic rings. The van der Waals surface area contributed by atoms with Gasteiger partial charge in [-0.1, -0.05) is 0 Å². The number of hydrogen-bond donors (Lipinski definition) is 1. The molecule has 0 aromatic heterocycles. The Hall–Kier alpha value is -0.890. The van der Waals surface area contributed by atoms with Gasteiger partial charge in [-0.25, -0.2) is 4.79 Å². The Kier molecular flexibility index (Phi) is 7.14. The van der Waals surface area contributed by atoms with Gasteiger partial charge in [0.1, 0.15) is 0 Å². The third-order valence-corrected chi connectivity index (χ3v) is 6.17. The van der Waals surface area contributed by atoms with Gasteiger partial charge in [0.2, 0.25) is 0 Å². The first-order valence-corrected chi connectivity index (χ1v) is 10.3. The molecule has 7 nitrogen and oxygen atoms in total. The van der Waals surface area contributed by atoms with Gasteiger partial charge in [0.25, 0.3) is 0 Å². The van der Waals surface area contributed by atoms with Crippen LogP contribution >= 0.6 is 0 Å². The number of rotatable bonds is 7. The molecule has 2 aliphatic heterocycles. The van der Waals surface area contributed by atoms with Gasteiger partial charge in [-0.15, -0.1) is 0 Å². The van der Waals surface area contributed by atoms with E-state index >= 15 is 0 Å². The van der Waals surface area contributed by atoms with Crippen molar-refractivity contribution >= 4 is 6.03 Å². The van der Waals surface area contributed by atoms with Crippen molar-refractivity contribution in [1.29, 1.82) is 0 Å². The molecule has 0 spiro atoms. The number of piperazine rings is 2. The predicted octanol–water partition coefficient (Wildman–Crippen LogP) is -0.0988. The Labute approximate surface area is 159 Å². The van der Waals surface area contributed by atoms with Gasteiger partial charge in [0.05, 0.1) is 0 Å². The minimum Gasteiger partial charge on any atom is -0.335 e. The van der Waals surface area contributed by atoms with Gasteiger partial charge >= 0.3 is 6.03 Å². The average molecular weight is 367 g/mol. The van der Waals surface area contributed by atoms with Gasteiger partial charge in [0, 0.05) is 71.5 Å². The third kappa shape index (κ3) is 6.08. The first-order valence-electron chi connectivity index (χ1n) is 10.3. The van der Waals surface area contributed by atoms with E-state index in [2.05, 4.69) is 46.1 Å². The zero-order chi connectivity index (χ0) is 18.5. The molecule has 0 aromatic carbocycles. The third-order valence-electron chi connectivity index (χ3n) is 6.17. The van der Waals surface area contributed by atoms with E-state index in [1.807, 2.05) is 4.90 Å². The molecular weight excluding hydrogens is 328 g/mol. The van der Waals surface area contributed by atoms with Gasteiger partial charge in [-0.3, -0.25) is 4.90 Å². The van der Waals surface area contributed by atoms with Crippen LogP contribution in [-0.4, -0.2) is 130 Å². The van der Waals surface area contributed by atoms with Gasteiger partial charge in [0.15, 0.2) is 0 Å². The topological polar surface area (TPSA) is 45.3 Å². The molecule has 0 aromatic rings. The highest BCUT2D eigenvalue weighted by Crippen LogP contribution is 2.34. The van der Waals surface area contributed by atoms with E-state index in [-0.39, 0.29) is 6.03 Å². The van der Waals surface area contributed by atoms with Crippen LogP contribution in [0.5, 0.6) is 0 Å². The fourth-order valence-corrected chi connectivity index (χ4v) is 3.93. The standard InChI is InChI=1S/C19H38N6O/c1-21(2)6-9-24-12-10-23(11-13-24)5-4-17-16-18(17)20-19(26)25-14-7-22(3)8-15-25/h17-18H,4-16H2,1-3H3,(H,20,26). The van der Waals surface area contributed by atoms with E-state index in [1.165, 1.54) is 52.1 Å². The van der Waals surface area contributed by atoms with E-state index in [1.54, 1.807) is 0 Å². The molecule has 0 radical (unpaired) electrons. The maximum absolute atomic E-state index is 12.3. The second-order valence-corrected chi connectivity index (χ2v) is 8.62. The van der Waals surface area contributed by atoms with Crippen LogP contribution in [-0.2, 0) is 0 Å². The van der Waals surface area contributed by atoms with Crippen molar-refractivity contribution in [3.05, 3.63) is 0 Å². The molecule has 1 saturated carbocycles. The van der Waals surface area contributed by atoms with Crippen LogP contribution in [0.3, 0.4) is 0 Å². The first kappa shape index (κ1) is 19.9. The summed E-state index contributed by atoms with van der Waals surface area (Å²) in [5, 5.41) is 3.25. The molecule has 2 saturated heterocycles. The molecule has 2 unspecified atom stereocenters. The Balaban J connectivity index is 1.25. The summed E-state index contributed by atoms with van der Waals surface area (Å²) in [6, 6.07) is 0.573. The smallest absolute Gasteiger partial charge is 0.317 e. The fourth-order valence-electron chi connectivity index (χ4n) is 3.93. The van der Waals surface area contributed by atoms with Gasteiger partial charge in [-0.05, 0) is 46.4 Å². The second-order valence-electron chi connectivity index (χ2n) is 8.62. The maximum atomic E-state index is 12.3. The highest BCUT2D eigenvalue weighted by Gasteiger charge is 2.39. The maximum Gasteiger partial charge on any atom is 0.317 e. The van der Waals surface area contributed by atoms with E-state index in [0.717, 1.165) is 32.7 Å². The number of amides is 2. The van der Waals surface area contributed by atoms with Crippen LogP contribution in [0.2, 0.25) is 0 Å². The minimum absolute atomic E-state index is 0.153. The van der Waals surface area contributed by atoms with Crippen molar-refractivity contribution in [2.24, 2.45) is 5.92 Å². The number of likely N-dealkylation sites (N-methyl/N-ethyl adjacent to an activating group) is 2. The number of hydrogen-bond acceptors (Lipinski definition) is 5. The normalized spacial score (nSPS) is 28.5. The van der Waals surface area contributed by atoms with E-state index < -0.39 is 0 Å². The molecule has 2 amide bonds. The number of carbonyl (C=O) groups is 1. The summed E-state index contributed by atoms with van der Waals surface area (Å²) in [6.45, 7) is 12.0. The molecule has 2 heterocycles. The molecule has 2 atom stereocenters. The van der Waals surface area contributed by atoms with Crippen molar-refractivity contribution in [3.63, 3.8) is 0 Å². The van der Waals surface area contributed by atoms with E-state index in [0.29, 0.717) is 12.0 Å². The van der Waals surface area contributed by atoms with Crippen LogP contribution in [0.15, 0.2) is 0 Å². The number of nitrogens with one attached hydrogen (secondary N) is 1. The van der Waals surface area contributed by atoms with Crippen molar-refractivity contribution in [1.82, 2.24) is 29.8 Å². The van der Waals surface area contributed by atoms with Gasteiger partial charge < -0.3 is 24.9 Å². The zero-order valence-corrected chi connectivity index (χ0v) is 17.0. The van der Waals surface area contributed by atoms with Crippen LogP contribution in [0.1, 0.15) is 12.8 Å². The summed E-state index contributed by atoms with van der Waals surface area (Å²) in [5.41, 5.74) is 0. The quantitative estimate of drug-likeness (QED) is 0.682. The fraction of sp³-hybridized carbons (Fsp3) is 0.947. The first-order chi connectivity index (χ1) is 12.5. The van der Waals surface area contributed by atoms with Crippen molar-refractivity contribution in [2.45, 2.75) is 18.9 Å². The number of nitrogens with zero attached hydrogens (tertiary/aromatic N) is 5. The van der Waals surface area contributed by atoms with Crippen molar-refractivity contribution < 1.29 is 4.79 Å². The average Bonchev–Trinajstić information content (AvgIpc) is 3.37. The summed E-state index contributed by atoms with van der Waals surface area (Å²) in [5.74, 6) is 0.693. The highest BCUT2D eigenvalue weighted by atomic mass is 16.2. The van der Waals surface area contributed by atoms with Crippen LogP contribution < -0.4 is 5.32 Å². The van der Waals surface area contributed by atoms with Crippen LogP contribution in [0.25, 0.3) is 0 Å². The van der Waals surface area contributed by atoms with Gasteiger partial charge in [-0.2, -0.15) is 0 Å². The molecule has 150 valence electrons. The monoisotopic (exact) mass is 366 g/mol. The Bertz CT molecular complexity index is 443. The molecule has 0 bridgehead atoms. The molecule has 1 aliphatic carbocycles. The minimum atomic E-state index is 0.153. The van der Waals surface area contributed by atoms with Crippen LogP contribution in [0, 0.1) is 5.92 Å². The lowest BCUT2D eigenvalue weighted by Crippen LogP contribution is -2.51. The summed E-state index contributed by atoms with van der Waals surface area (Å²) in [6.07, 6.45) is 2.40. The molecule has 26 heavy (non-hydrogen) atoms. The largest absolute Gasteiger partial charge is 0.335 e. The van der Waals surface area contributed by atoms with E-state index in [9.17, 15) is 4.79 Å². The Morgan fingerprint density at radius 3 is 2.19 bits per heavy atom. The predicted molar refractivity (Wildman–Crippen MR) is 106 cm³/mol. The van der Waals surface area contributed by atoms with Crippen molar-refractivity contribution in [2.75, 3.05) is 93.1 Å². The Morgan fingerprint density at radius 2 is 1.58 bits per heavy atom. The lowest BCUT2D eigenvalue weighted by Gasteiger charge is -2.35. The summed E-state index contributed by atoms with van der Waals surface area (Å²) in [4.78, 5) is 24.0. The molecule has 1 N–H and O–H groups in total. The molecular formula is C19H38N6O. The van der Waals surface area contributed by atoms with Crippen LogP contribution in [0.4, 0.5) is 4.79 Å². The SMILES string of the molecule is CN(C)CCN1CCN(CCC2CC2NC(=O)N2CCN(C)CC2)CC1. The Morgan fingerprint density at radius 1 is 0.962 bits per heavy atom. The molecule has 3 fully saturated rings. The summed E-state index contributed by atoms with van der Waals surface area (Å²) >= 11 is 0. The lowest BCUT2D eigenvalue weighted by molar-refractivity contribution is 0.123. The van der Waals surface area contributed by atoms with E-state index in [4.69, 9.17) is 0 Å². The summed E-state index contributed by atoms with van der Waals surface area (Å²) < 4.78 is 0. The number of carbonyl (C=O) groups excluding carboxylic acids is 1. The van der Waals surface area contributed by atoms with Crippen molar-refractivity contribution in [3.8, 4) is 0 Å². The molecule has 3 rings (SSSR count). The summed E-state index contributed by atoms with van der Waals surface area (Å²) in [7, 11) is 6.41. The molecule has 7 heteroatoms. The number of urea groups is 1. The lowest BCUT2D eigenvalue weighted by atomic mass is 10.2. The highest BCUT2D eigenvalue weighted by molar-refractivity contribution is 5.75. The zero-order valence-electron chi connectivity index (χ0n) is 17.0.